The van der Waals surface area contributed by atoms with Gasteiger partial charge < -0.3 is 5.32 Å². The van der Waals surface area contributed by atoms with E-state index in [0.29, 0.717) is 0 Å². The fourth-order valence-electron chi connectivity index (χ4n) is 2.82. The molecule has 0 unspecified atom stereocenters. The molecule has 0 aliphatic carbocycles. The van der Waals surface area contributed by atoms with Gasteiger partial charge in [0.05, 0.1) is 18.7 Å². The van der Waals surface area contributed by atoms with Crippen LogP contribution in [0.4, 0.5) is 0 Å². The van der Waals surface area contributed by atoms with E-state index in [0.717, 1.165) is 21.2 Å². The van der Waals surface area contributed by atoms with Crippen LogP contribution in [0.1, 0.15) is 22.6 Å². The average molecular weight is 450 g/mol. The summed E-state index contributed by atoms with van der Waals surface area (Å²) in [5, 5.41) is 6.62. The van der Waals surface area contributed by atoms with Crippen molar-refractivity contribution in [3.63, 3.8) is 0 Å². The standard InChI is InChI=1S/C23H20BrN3O2/c24-20-13-11-17(12-14-20)15-26-27-21(28)16-25-23(29)22(18-7-3-1-4-8-18)19-9-5-2-6-10-19/h1-15,22H,16H2,(H,25,29)(H,27,28)/b26-15+. The number of amides is 2. The molecule has 0 spiro atoms. The fourth-order valence-corrected chi connectivity index (χ4v) is 3.09. The lowest BCUT2D eigenvalue weighted by Gasteiger charge is -2.17. The second kappa shape index (κ2) is 10.3. The van der Waals surface area contributed by atoms with E-state index in [-0.39, 0.29) is 12.5 Å². The van der Waals surface area contributed by atoms with Crippen molar-refractivity contribution in [2.45, 2.75) is 5.92 Å². The maximum atomic E-state index is 12.8. The molecule has 0 saturated heterocycles. The summed E-state index contributed by atoms with van der Waals surface area (Å²) in [4.78, 5) is 24.9. The molecule has 0 bridgehead atoms. The first-order valence-electron chi connectivity index (χ1n) is 9.08. The summed E-state index contributed by atoms with van der Waals surface area (Å²) in [5.41, 5.74) is 5.01. The van der Waals surface area contributed by atoms with E-state index in [1.807, 2.05) is 84.9 Å². The Morgan fingerprint density at radius 3 is 1.97 bits per heavy atom. The molecule has 2 N–H and O–H groups in total. The van der Waals surface area contributed by atoms with Gasteiger partial charge in [0, 0.05) is 4.47 Å². The third kappa shape index (κ3) is 6.12. The van der Waals surface area contributed by atoms with E-state index in [4.69, 9.17) is 0 Å². The lowest BCUT2D eigenvalue weighted by molar-refractivity contribution is -0.126. The molecule has 146 valence electrons. The smallest absolute Gasteiger partial charge is 0.259 e. The van der Waals surface area contributed by atoms with Gasteiger partial charge >= 0.3 is 0 Å². The van der Waals surface area contributed by atoms with Gasteiger partial charge in [-0.05, 0) is 28.8 Å². The predicted molar refractivity (Wildman–Crippen MR) is 118 cm³/mol. The molecule has 3 aromatic rings. The molecule has 0 fully saturated rings. The van der Waals surface area contributed by atoms with Gasteiger partial charge in [-0.15, -0.1) is 0 Å². The second-order valence-corrected chi connectivity index (χ2v) is 7.23. The Hall–Kier alpha value is -3.25. The number of hydrogen-bond donors (Lipinski definition) is 2. The van der Waals surface area contributed by atoms with Crippen molar-refractivity contribution >= 4 is 34.0 Å². The minimum absolute atomic E-state index is 0.160. The summed E-state index contributed by atoms with van der Waals surface area (Å²) in [6.45, 7) is -0.160. The van der Waals surface area contributed by atoms with Gasteiger partial charge in [0.15, 0.2) is 0 Å². The fraction of sp³-hybridized carbons (Fsp3) is 0.0870. The highest BCUT2D eigenvalue weighted by Gasteiger charge is 2.22. The van der Waals surface area contributed by atoms with Gasteiger partial charge in [0.1, 0.15) is 0 Å². The maximum absolute atomic E-state index is 12.8. The highest BCUT2D eigenvalue weighted by atomic mass is 79.9. The minimum Gasteiger partial charge on any atom is -0.346 e. The first-order chi connectivity index (χ1) is 14.1. The molecule has 0 aliphatic rings. The van der Waals surface area contributed by atoms with Gasteiger partial charge in [-0.25, -0.2) is 5.43 Å². The Labute approximate surface area is 178 Å². The molecule has 3 rings (SSSR count). The third-order valence-corrected chi connectivity index (χ3v) is 4.75. The molecular weight excluding hydrogens is 430 g/mol. The summed E-state index contributed by atoms with van der Waals surface area (Å²) in [5.74, 6) is -1.13. The number of benzene rings is 3. The molecule has 3 aromatic carbocycles. The van der Waals surface area contributed by atoms with Crippen LogP contribution in [0.15, 0.2) is 94.5 Å². The van der Waals surface area contributed by atoms with Crippen LogP contribution in [0.5, 0.6) is 0 Å². The second-order valence-electron chi connectivity index (χ2n) is 6.32. The Kier molecular flexibility index (Phi) is 7.30. The molecule has 2 amide bonds. The minimum atomic E-state index is -0.489. The van der Waals surface area contributed by atoms with Crippen molar-refractivity contribution in [1.82, 2.24) is 10.7 Å². The number of nitrogens with zero attached hydrogens (tertiary/aromatic N) is 1. The van der Waals surface area contributed by atoms with E-state index in [9.17, 15) is 9.59 Å². The molecule has 5 nitrogen and oxygen atoms in total. The van der Waals surface area contributed by atoms with Crippen molar-refractivity contribution in [2.75, 3.05) is 6.54 Å². The number of hydrazone groups is 1. The molecule has 6 heteroatoms. The summed E-state index contributed by atoms with van der Waals surface area (Å²) < 4.78 is 0.966. The van der Waals surface area contributed by atoms with Crippen LogP contribution >= 0.6 is 15.9 Å². The molecular formula is C23H20BrN3O2. The van der Waals surface area contributed by atoms with Crippen molar-refractivity contribution in [2.24, 2.45) is 5.10 Å². The predicted octanol–water partition coefficient (Wildman–Crippen LogP) is 3.85. The molecule has 0 saturated carbocycles. The highest BCUT2D eigenvalue weighted by molar-refractivity contribution is 9.10. The quantitative estimate of drug-likeness (QED) is 0.424. The van der Waals surface area contributed by atoms with Crippen LogP contribution in [0.25, 0.3) is 0 Å². The zero-order valence-electron chi connectivity index (χ0n) is 15.6. The van der Waals surface area contributed by atoms with Crippen LogP contribution in [0, 0.1) is 0 Å². The summed E-state index contributed by atoms with van der Waals surface area (Å²) in [6, 6.07) is 26.5. The van der Waals surface area contributed by atoms with Crippen molar-refractivity contribution in [1.29, 1.82) is 0 Å². The topological polar surface area (TPSA) is 70.6 Å². The number of carbonyl (C=O) groups excluding carboxylic acids is 2. The number of rotatable bonds is 7. The molecule has 0 aliphatic heterocycles. The molecule has 29 heavy (non-hydrogen) atoms. The van der Waals surface area contributed by atoms with Crippen LogP contribution in [-0.2, 0) is 9.59 Å². The molecule has 0 aromatic heterocycles. The van der Waals surface area contributed by atoms with Gasteiger partial charge in [-0.3, -0.25) is 9.59 Å². The van der Waals surface area contributed by atoms with Gasteiger partial charge in [0.25, 0.3) is 5.91 Å². The summed E-state index contributed by atoms with van der Waals surface area (Å²) >= 11 is 3.36. The van der Waals surface area contributed by atoms with Crippen molar-refractivity contribution in [3.05, 3.63) is 106 Å². The van der Waals surface area contributed by atoms with Crippen LogP contribution in [-0.4, -0.2) is 24.6 Å². The molecule has 0 radical (unpaired) electrons. The van der Waals surface area contributed by atoms with Crippen molar-refractivity contribution in [3.8, 4) is 0 Å². The Morgan fingerprint density at radius 2 is 1.41 bits per heavy atom. The van der Waals surface area contributed by atoms with Crippen molar-refractivity contribution < 1.29 is 9.59 Å². The number of carbonyl (C=O) groups is 2. The normalized spacial score (nSPS) is 10.8. The molecule has 0 heterocycles. The van der Waals surface area contributed by atoms with E-state index in [1.54, 1.807) is 6.21 Å². The first kappa shape index (κ1) is 20.5. The number of halogens is 1. The lowest BCUT2D eigenvalue weighted by atomic mass is 9.90. The first-order valence-corrected chi connectivity index (χ1v) is 9.88. The Balaban J connectivity index is 1.60. The van der Waals surface area contributed by atoms with E-state index in [1.165, 1.54) is 0 Å². The summed E-state index contributed by atoms with van der Waals surface area (Å²) in [7, 11) is 0. The SMILES string of the molecule is O=C(CNC(=O)C(c1ccccc1)c1ccccc1)N/N=C/c1ccc(Br)cc1. The molecule has 0 atom stereocenters. The summed E-state index contributed by atoms with van der Waals surface area (Å²) in [6.07, 6.45) is 1.54. The zero-order chi connectivity index (χ0) is 20.5. The van der Waals surface area contributed by atoms with Gasteiger partial charge in [-0.2, -0.15) is 5.10 Å². The van der Waals surface area contributed by atoms with Gasteiger partial charge in [-0.1, -0.05) is 88.7 Å². The van der Waals surface area contributed by atoms with E-state index >= 15 is 0 Å². The lowest BCUT2D eigenvalue weighted by Crippen LogP contribution is -2.37. The number of nitrogens with one attached hydrogen (secondary N) is 2. The third-order valence-electron chi connectivity index (χ3n) is 4.22. The average Bonchev–Trinajstić information content (AvgIpc) is 2.75. The Morgan fingerprint density at radius 1 is 0.862 bits per heavy atom. The van der Waals surface area contributed by atoms with E-state index in [2.05, 4.69) is 31.8 Å². The van der Waals surface area contributed by atoms with E-state index < -0.39 is 11.8 Å². The van der Waals surface area contributed by atoms with Crippen LogP contribution in [0.3, 0.4) is 0 Å². The van der Waals surface area contributed by atoms with Crippen LogP contribution < -0.4 is 10.7 Å². The van der Waals surface area contributed by atoms with Gasteiger partial charge in [0.2, 0.25) is 5.91 Å². The highest BCUT2D eigenvalue weighted by Crippen LogP contribution is 2.24. The number of hydrogen-bond acceptors (Lipinski definition) is 3. The van der Waals surface area contributed by atoms with Crippen LogP contribution in [0.2, 0.25) is 0 Å². The largest absolute Gasteiger partial charge is 0.346 e. The monoisotopic (exact) mass is 449 g/mol. The Bertz CT molecular complexity index is 935. The zero-order valence-corrected chi connectivity index (χ0v) is 17.2. The maximum Gasteiger partial charge on any atom is 0.259 e.